The Labute approximate surface area is 155 Å². The predicted molar refractivity (Wildman–Crippen MR) is 104 cm³/mol. The number of thiazole rings is 1. The molecule has 0 saturated carbocycles. The Balaban J connectivity index is 2.18. The van der Waals surface area contributed by atoms with Crippen LogP contribution in [0.2, 0.25) is 0 Å². The van der Waals surface area contributed by atoms with E-state index in [0.29, 0.717) is 16.1 Å². The second-order valence-corrected chi connectivity index (χ2v) is 6.99. The van der Waals surface area contributed by atoms with Gasteiger partial charge in [0.1, 0.15) is 11.6 Å². The third kappa shape index (κ3) is 3.91. The van der Waals surface area contributed by atoms with E-state index in [4.69, 9.17) is 5.10 Å². The first-order valence-corrected chi connectivity index (χ1v) is 9.18. The van der Waals surface area contributed by atoms with Crippen LogP contribution in [-0.4, -0.2) is 21.5 Å². The summed E-state index contributed by atoms with van der Waals surface area (Å²) in [5, 5.41) is 16.0. The molecule has 6 heteroatoms. The summed E-state index contributed by atoms with van der Waals surface area (Å²) in [5.41, 5.74) is 2.75. The summed E-state index contributed by atoms with van der Waals surface area (Å²) in [6.45, 7) is 5.86. The molecule has 0 saturated heterocycles. The first kappa shape index (κ1) is 18.1. The van der Waals surface area contributed by atoms with Gasteiger partial charge in [0.2, 0.25) is 4.80 Å². The Bertz CT molecular complexity index is 1000. The maximum Gasteiger partial charge on any atom is 0.206 e. The molecule has 0 unspecified atom stereocenters. The van der Waals surface area contributed by atoms with Crippen molar-refractivity contribution in [3.05, 3.63) is 70.1 Å². The summed E-state index contributed by atoms with van der Waals surface area (Å²) < 4.78 is 16.0. The number of hydrogen-bond donors (Lipinski definition) is 1. The van der Waals surface area contributed by atoms with Gasteiger partial charge < -0.3 is 5.11 Å². The molecular formula is C20H20FN3OS. The lowest BCUT2D eigenvalue weighted by Crippen LogP contribution is -2.16. The molecule has 3 aromatic rings. The molecule has 0 fully saturated rings. The van der Waals surface area contributed by atoms with E-state index < -0.39 is 0 Å². The van der Waals surface area contributed by atoms with Gasteiger partial charge in [0, 0.05) is 17.0 Å². The molecule has 0 aliphatic rings. The van der Waals surface area contributed by atoms with Crippen LogP contribution in [0, 0.1) is 5.82 Å². The van der Waals surface area contributed by atoms with Gasteiger partial charge in [-0.25, -0.2) is 9.07 Å². The van der Waals surface area contributed by atoms with Gasteiger partial charge >= 0.3 is 0 Å². The molecular weight excluding hydrogens is 349 g/mol. The summed E-state index contributed by atoms with van der Waals surface area (Å²) in [6.07, 6.45) is 0. The van der Waals surface area contributed by atoms with Crippen LogP contribution in [-0.2, 0) is 0 Å². The lowest BCUT2D eigenvalue weighted by molar-refractivity contribution is 0.475. The van der Waals surface area contributed by atoms with Crippen LogP contribution in [0.1, 0.15) is 26.3 Å². The van der Waals surface area contributed by atoms with Crippen molar-refractivity contribution >= 4 is 17.0 Å². The standard InChI is InChI=1S/C20H20FN3OS/c1-13(2)22-20-24(23-14(3)15-8-10-16(25)11-9-15)19(12-26-20)17-6-4-5-7-18(17)21/h4-13,25H,1-3H3. The molecule has 2 aromatic carbocycles. The van der Waals surface area contributed by atoms with Gasteiger partial charge in [-0.15, -0.1) is 11.3 Å². The fourth-order valence-electron chi connectivity index (χ4n) is 2.47. The van der Waals surface area contributed by atoms with Crippen LogP contribution >= 0.6 is 11.3 Å². The second kappa shape index (κ2) is 7.66. The topological polar surface area (TPSA) is 49.9 Å². The van der Waals surface area contributed by atoms with Crippen LogP contribution in [0.15, 0.2) is 64.0 Å². The van der Waals surface area contributed by atoms with E-state index in [2.05, 4.69) is 4.99 Å². The van der Waals surface area contributed by atoms with E-state index in [1.54, 1.807) is 47.1 Å². The van der Waals surface area contributed by atoms with Gasteiger partial charge in [0.05, 0.1) is 11.4 Å². The molecule has 1 heterocycles. The van der Waals surface area contributed by atoms with Crippen LogP contribution in [0.4, 0.5) is 4.39 Å². The molecule has 0 radical (unpaired) electrons. The highest BCUT2D eigenvalue weighted by molar-refractivity contribution is 7.07. The summed E-state index contributed by atoms with van der Waals surface area (Å²) in [7, 11) is 0. The van der Waals surface area contributed by atoms with E-state index in [1.807, 2.05) is 26.2 Å². The van der Waals surface area contributed by atoms with Crippen molar-refractivity contribution < 1.29 is 9.50 Å². The number of hydrogen-bond acceptors (Lipinski definition) is 4. The third-order valence-electron chi connectivity index (χ3n) is 3.74. The van der Waals surface area contributed by atoms with Crippen molar-refractivity contribution in [2.75, 3.05) is 0 Å². The molecule has 0 bridgehead atoms. The Morgan fingerprint density at radius 2 is 1.81 bits per heavy atom. The molecule has 3 rings (SSSR count). The number of rotatable bonds is 4. The van der Waals surface area contributed by atoms with Crippen molar-refractivity contribution in [1.82, 2.24) is 4.68 Å². The van der Waals surface area contributed by atoms with Gasteiger partial charge in [0.15, 0.2) is 0 Å². The summed E-state index contributed by atoms with van der Waals surface area (Å²) in [4.78, 5) is 5.31. The average Bonchev–Trinajstić information content (AvgIpc) is 2.97. The minimum atomic E-state index is -0.298. The molecule has 0 amide bonds. The SMILES string of the molecule is CC(=Nn1c(-c2ccccc2F)csc1=NC(C)C)c1ccc(O)cc1. The normalized spacial score (nSPS) is 12.8. The van der Waals surface area contributed by atoms with Gasteiger partial charge in [-0.3, -0.25) is 4.99 Å². The zero-order chi connectivity index (χ0) is 18.7. The lowest BCUT2D eigenvalue weighted by atomic mass is 10.1. The van der Waals surface area contributed by atoms with E-state index >= 15 is 0 Å². The van der Waals surface area contributed by atoms with Crippen molar-refractivity contribution in [2.45, 2.75) is 26.8 Å². The Morgan fingerprint density at radius 3 is 2.46 bits per heavy atom. The number of halogens is 1. The van der Waals surface area contributed by atoms with Gasteiger partial charge in [0.25, 0.3) is 0 Å². The number of aromatic hydroxyl groups is 1. The van der Waals surface area contributed by atoms with Crippen LogP contribution < -0.4 is 4.80 Å². The van der Waals surface area contributed by atoms with E-state index in [9.17, 15) is 9.50 Å². The van der Waals surface area contributed by atoms with Crippen LogP contribution in [0.3, 0.4) is 0 Å². The lowest BCUT2D eigenvalue weighted by Gasteiger charge is -2.07. The first-order valence-electron chi connectivity index (χ1n) is 8.30. The number of phenols is 1. The number of phenolic OH excluding ortho intramolecular Hbond substituents is 1. The van der Waals surface area contributed by atoms with Crippen molar-refractivity contribution in [3.63, 3.8) is 0 Å². The largest absolute Gasteiger partial charge is 0.508 e. The van der Waals surface area contributed by atoms with Crippen molar-refractivity contribution in [3.8, 4) is 17.0 Å². The molecule has 0 aliphatic heterocycles. The monoisotopic (exact) mass is 369 g/mol. The minimum absolute atomic E-state index is 0.0950. The quantitative estimate of drug-likeness (QED) is 0.669. The van der Waals surface area contributed by atoms with Crippen LogP contribution in [0.5, 0.6) is 5.75 Å². The zero-order valence-corrected chi connectivity index (χ0v) is 15.7. The van der Waals surface area contributed by atoms with E-state index in [1.165, 1.54) is 17.4 Å². The zero-order valence-electron chi connectivity index (χ0n) is 14.8. The van der Waals surface area contributed by atoms with Crippen molar-refractivity contribution in [1.29, 1.82) is 0 Å². The number of benzene rings is 2. The molecule has 0 atom stereocenters. The molecule has 26 heavy (non-hydrogen) atoms. The van der Waals surface area contributed by atoms with Crippen LogP contribution in [0.25, 0.3) is 11.3 Å². The van der Waals surface area contributed by atoms with Gasteiger partial charge in [-0.05, 0) is 62.7 Å². The highest BCUT2D eigenvalue weighted by Crippen LogP contribution is 2.23. The highest BCUT2D eigenvalue weighted by Gasteiger charge is 2.12. The maximum absolute atomic E-state index is 14.3. The fourth-order valence-corrected chi connectivity index (χ4v) is 3.43. The number of aromatic nitrogens is 1. The number of nitrogens with zero attached hydrogens (tertiary/aromatic N) is 3. The molecule has 0 spiro atoms. The molecule has 1 N–H and O–H groups in total. The molecule has 0 aliphatic carbocycles. The average molecular weight is 369 g/mol. The maximum atomic E-state index is 14.3. The molecule has 134 valence electrons. The first-order chi connectivity index (χ1) is 12.5. The van der Waals surface area contributed by atoms with E-state index in [-0.39, 0.29) is 17.6 Å². The van der Waals surface area contributed by atoms with E-state index in [0.717, 1.165) is 11.3 Å². The van der Waals surface area contributed by atoms with Gasteiger partial charge in [-0.2, -0.15) is 5.10 Å². The molecule has 4 nitrogen and oxygen atoms in total. The van der Waals surface area contributed by atoms with Gasteiger partial charge in [-0.1, -0.05) is 12.1 Å². The second-order valence-electron chi connectivity index (χ2n) is 6.15. The molecule has 1 aromatic heterocycles. The highest BCUT2D eigenvalue weighted by atomic mass is 32.1. The van der Waals surface area contributed by atoms with Crippen molar-refractivity contribution in [2.24, 2.45) is 10.1 Å². The Hall–Kier alpha value is -2.73. The third-order valence-corrected chi connectivity index (χ3v) is 4.57. The minimum Gasteiger partial charge on any atom is -0.508 e. The summed E-state index contributed by atoms with van der Waals surface area (Å²) in [5.74, 6) is -0.0973. The predicted octanol–water partition coefficient (Wildman–Crippen LogP) is 4.64. The summed E-state index contributed by atoms with van der Waals surface area (Å²) in [6, 6.07) is 13.6. The Kier molecular flexibility index (Phi) is 5.32. The summed E-state index contributed by atoms with van der Waals surface area (Å²) >= 11 is 1.43. The smallest absolute Gasteiger partial charge is 0.206 e. The Morgan fingerprint density at radius 1 is 1.12 bits per heavy atom. The fraction of sp³-hybridized carbons (Fsp3) is 0.200.